The third-order valence-electron chi connectivity index (χ3n) is 4.69. The summed E-state index contributed by atoms with van der Waals surface area (Å²) in [4.78, 5) is 27.8. The molecule has 0 saturated carbocycles. The van der Waals surface area contributed by atoms with E-state index in [4.69, 9.17) is 32.7 Å². The maximum absolute atomic E-state index is 13.3. The fourth-order valence-electron chi connectivity index (χ4n) is 3.19. The predicted octanol–water partition coefficient (Wildman–Crippen LogP) is 5.10. The molecule has 0 radical (unpaired) electrons. The molecule has 0 bridgehead atoms. The summed E-state index contributed by atoms with van der Waals surface area (Å²) in [6, 6.07) is 11.5. The van der Waals surface area contributed by atoms with Crippen LogP contribution in [0.1, 0.15) is 39.7 Å². The second kappa shape index (κ2) is 11.4. The number of para-hydroxylation sites is 2. The molecular formula is C24H30Cl2N2O4. The van der Waals surface area contributed by atoms with Crippen LogP contribution >= 0.6 is 23.2 Å². The van der Waals surface area contributed by atoms with Crippen LogP contribution in [0.15, 0.2) is 42.5 Å². The van der Waals surface area contributed by atoms with Gasteiger partial charge in [0.2, 0.25) is 5.91 Å². The van der Waals surface area contributed by atoms with Gasteiger partial charge in [-0.05, 0) is 51.5 Å². The van der Waals surface area contributed by atoms with Crippen molar-refractivity contribution in [3.63, 3.8) is 0 Å². The summed E-state index contributed by atoms with van der Waals surface area (Å²) in [7, 11) is 1.53. The third kappa shape index (κ3) is 7.04. The second-order valence-electron chi connectivity index (χ2n) is 8.32. The van der Waals surface area contributed by atoms with E-state index in [1.165, 1.54) is 12.0 Å². The largest absolute Gasteiger partial charge is 0.493 e. The van der Waals surface area contributed by atoms with Gasteiger partial charge in [0.1, 0.15) is 6.04 Å². The van der Waals surface area contributed by atoms with Crippen LogP contribution in [-0.2, 0) is 16.1 Å². The van der Waals surface area contributed by atoms with Gasteiger partial charge in [0.15, 0.2) is 18.1 Å². The summed E-state index contributed by atoms with van der Waals surface area (Å²) in [5.41, 5.74) is 0.123. The number of benzene rings is 2. The number of nitrogens with zero attached hydrogens (tertiary/aromatic N) is 1. The number of carbonyl (C=O) groups is 2. The zero-order chi connectivity index (χ0) is 23.9. The van der Waals surface area contributed by atoms with E-state index in [1.54, 1.807) is 36.4 Å². The number of ether oxygens (including phenoxy) is 2. The zero-order valence-electron chi connectivity index (χ0n) is 19.1. The Kier molecular flexibility index (Phi) is 9.22. The van der Waals surface area contributed by atoms with Crippen molar-refractivity contribution in [1.82, 2.24) is 10.2 Å². The number of hydrogen-bond donors (Lipinski definition) is 1. The van der Waals surface area contributed by atoms with Crippen molar-refractivity contribution in [1.29, 1.82) is 0 Å². The van der Waals surface area contributed by atoms with Crippen LogP contribution in [0.4, 0.5) is 0 Å². The highest BCUT2D eigenvalue weighted by atomic mass is 35.5. The highest BCUT2D eigenvalue weighted by Crippen LogP contribution is 2.28. The van der Waals surface area contributed by atoms with Crippen LogP contribution in [0.2, 0.25) is 10.0 Å². The molecule has 2 aromatic carbocycles. The lowest BCUT2D eigenvalue weighted by atomic mass is 10.1. The lowest BCUT2D eigenvalue weighted by molar-refractivity contribution is -0.143. The Hall–Kier alpha value is -2.44. The minimum absolute atomic E-state index is 0.0721. The van der Waals surface area contributed by atoms with Gasteiger partial charge in [-0.3, -0.25) is 9.59 Å². The first kappa shape index (κ1) is 25.8. The molecule has 0 heterocycles. The van der Waals surface area contributed by atoms with Gasteiger partial charge in [-0.2, -0.15) is 0 Å². The SMILES string of the molecule is CC[C@@H](C(=O)NC(C)(C)C)N(Cc1c(Cl)cccc1Cl)C(=O)COc1ccccc1OC. The van der Waals surface area contributed by atoms with Crippen molar-refractivity contribution in [2.45, 2.75) is 52.2 Å². The van der Waals surface area contributed by atoms with Crippen molar-refractivity contribution < 1.29 is 19.1 Å². The Bertz CT molecular complexity index is 924. The molecule has 2 rings (SSSR count). The topological polar surface area (TPSA) is 67.9 Å². The standard InChI is InChI=1S/C24H30Cl2N2O4/c1-6-19(23(30)27-24(2,3)4)28(14-16-17(25)10-9-11-18(16)26)22(29)15-32-21-13-8-7-12-20(21)31-5/h7-13,19H,6,14-15H2,1-5H3,(H,27,30)/t19-/m0/s1. The monoisotopic (exact) mass is 480 g/mol. The number of methoxy groups -OCH3 is 1. The number of halogens is 2. The summed E-state index contributed by atoms with van der Waals surface area (Å²) >= 11 is 12.7. The predicted molar refractivity (Wildman–Crippen MR) is 127 cm³/mol. The molecule has 2 amide bonds. The van der Waals surface area contributed by atoms with E-state index in [0.29, 0.717) is 33.5 Å². The van der Waals surface area contributed by atoms with Gasteiger partial charge in [0, 0.05) is 27.7 Å². The molecule has 1 N–H and O–H groups in total. The summed E-state index contributed by atoms with van der Waals surface area (Å²) < 4.78 is 11.0. The van der Waals surface area contributed by atoms with E-state index >= 15 is 0 Å². The molecule has 6 nitrogen and oxygen atoms in total. The Morgan fingerprint density at radius 2 is 1.62 bits per heavy atom. The quantitative estimate of drug-likeness (QED) is 0.541. The van der Waals surface area contributed by atoms with Gasteiger partial charge in [0.25, 0.3) is 5.91 Å². The Labute approximate surface area is 199 Å². The number of carbonyl (C=O) groups excluding carboxylic acids is 2. The fraction of sp³-hybridized carbons (Fsp3) is 0.417. The zero-order valence-corrected chi connectivity index (χ0v) is 20.6. The first-order valence-corrected chi connectivity index (χ1v) is 11.1. The van der Waals surface area contributed by atoms with E-state index in [1.807, 2.05) is 33.8 Å². The molecule has 0 aromatic heterocycles. The highest BCUT2D eigenvalue weighted by Gasteiger charge is 2.31. The van der Waals surface area contributed by atoms with Gasteiger partial charge in [-0.25, -0.2) is 0 Å². The summed E-state index contributed by atoms with van der Waals surface area (Å²) in [5.74, 6) is 0.321. The first-order chi connectivity index (χ1) is 15.1. The molecule has 0 fully saturated rings. The summed E-state index contributed by atoms with van der Waals surface area (Å²) in [5, 5.41) is 3.80. The Balaban J connectivity index is 2.33. The van der Waals surface area contributed by atoms with Gasteiger partial charge in [-0.15, -0.1) is 0 Å². The van der Waals surface area contributed by atoms with Crippen molar-refractivity contribution in [2.75, 3.05) is 13.7 Å². The maximum atomic E-state index is 13.3. The molecule has 174 valence electrons. The summed E-state index contributed by atoms with van der Waals surface area (Å²) in [6.45, 7) is 7.31. The molecule has 0 unspecified atom stereocenters. The molecule has 0 saturated heterocycles. The average Bonchev–Trinajstić information content (AvgIpc) is 2.72. The molecule has 1 atom stereocenters. The molecule has 0 aliphatic heterocycles. The molecule has 0 spiro atoms. The van der Waals surface area contributed by atoms with Crippen LogP contribution in [0.3, 0.4) is 0 Å². The minimum Gasteiger partial charge on any atom is -0.493 e. The maximum Gasteiger partial charge on any atom is 0.261 e. The van der Waals surface area contributed by atoms with Crippen LogP contribution in [0.5, 0.6) is 11.5 Å². The molecule has 8 heteroatoms. The van der Waals surface area contributed by atoms with Crippen LogP contribution in [0, 0.1) is 0 Å². The average molecular weight is 481 g/mol. The Morgan fingerprint density at radius 3 is 2.16 bits per heavy atom. The van der Waals surface area contributed by atoms with E-state index < -0.39 is 11.6 Å². The first-order valence-electron chi connectivity index (χ1n) is 10.4. The minimum atomic E-state index is -0.727. The van der Waals surface area contributed by atoms with E-state index in [2.05, 4.69) is 5.32 Å². The molecule has 2 aromatic rings. The number of nitrogens with one attached hydrogen (secondary N) is 1. The number of rotatable bonds is 9. The van der Waals surface area contributed by atoms with Gasteiger partial charge in [0.05, 0.1) is 7.11 Å². The second-order valence-corrected chi connectivity index (χ2v) is 9.14. The highest BCUT2D eigenvalue weighted by molar-refractivity contribution is 6.36. The Morgan fingerprint density at radius 1 is 1.03 bits per heavy atom. The van der Waals surface area contributed by atoms with Crippen molar-refractivity contribution >= 4 is 35.0 Å². The van der Waals surface area contributed by atoms with Crippen molar-refractivity contribution in [3.8, 4) is 11.5 Å². The van der Waals surface area contributed by atoms with Crippen molar-refractivity contribution in [2.24, 2.45) is 0 Å². The lowest BCUT2D eigenvalue weighted by Gasteiger charge is -2.33. The van der Waals surface area contributed by atoms with Crippen molar-refractivity contribution in [3.05, 3.63) is 58.1 Å². The van der Waals surface area contributed by atoms with E-state index in [-0.39, 0.29) is 25.0 Å². The molecule has 32 heavy (non-hydrogen) atoms. The van der Waals surface area contributed by atoms with E-state index in [9.17, 15) is 9.59 Å². The third-order valence-corrected chi connectivity index (χ3v) is 5.40. The van der Waals surface area contributed by atoms with Crippen LogP contribution < -0.4 is 14.8 Å². The van der Waals surface area contributed by atoms with Gasteiger partial charge < -0.3 is 19.7 Å². The smallest absolute Gasteiger partial charge is 0.261 e. The molecule has 0 aliphatic rings. The number of hydrogen-bond acceptors (Lipinski definition) is 4. The number of amides is 2. The molecular weight excluding hydrogens is 451 g/mol. The fourth-order valence-corrected chi connectivity index (χ4v) is 3.70. The lowest BCUT2D eigenvalue weighted by Crippen LogP contribution is -2.54. The van der Waals surface area contributed by atoms with Crippen LogP contribution in [0.25, 0.3) is 0 Å². The molecule has 0 aliphatic carbocycles. The van der Waals surface area contributed by atoms with Crippen LogP contribution in [-0.4, -0.2) is 42.0 Å². The van der Waals surface area contributed by atoms with Gasteiger partial charge in [-0.1, -0.05) is 48.3 Å². The summed E-state index contributed by atoms with van der Waals surface area (Å²) in [6.07, 6.45) is 0.407. The van der Waals surface area contributed by atoms with Gasteiger partial charge >= 0.3 is 0 Å². The normalized spacial score (nSPS) is 12.1. The van der Waals surface area contributed by atoms with E-state index in [0.717, 1.165) is 0 Å².